The van der Waals surface area contributed by atoms with Crippen molar-refractivity contribution in [1.82, 2.24) is 10.5 Å². The predicted molar refractivity (Wildman–Crippen MR) is 98.7 cm³/mol. The number of nitrogens with zero attached hydrogens (tertiary/aromatic N) is 1. The normalized spacial score (nSPS) is 15.9. The Morgan fingerprint density at radius 1 is 1.33 bits per heavy atom. The molecular weight excluding hydrogens is 351 g/mol. The minimum atomic E-state index is -0.312. The number of benzene rings is 1. The number of halogens is 1. The highest BCUT2D eigenvalue weighted by Gasteiger charge is 2.21. The number of amides is 1. The van der Waals surface area contributed by atoms with Crippen LogP contribution in [0.3, 0.4) is 0 Å². The molecule has 0 saturated carbocycles. The standard InChI is InChI=1S/C18H21FN2O4.C2H6/c1-12-16(11-24-10-14-4-2-3-5-15(14)19)25-21-17(12)18(22)20-8-13-6-7-23-9-13;1-2/h2-5,13H,6-11H2,1H3,(H,20,22);1-2H3. The molecule has 1 aliphatic rings. The molecule has 1 aliphatic heterocycles. The number of hydrogen-bond acceptors (Lipinski definition) is 5. The molecule has 2 aromatic rings. The van der Waals surface area contributed by atoms with Gasteiger partial charge in [0.15, 0.2) is 11.5 Å². The fourth-order valence-electron chi connectivity index (χ4n) is 2.65. The van der Waals surface area contributed by atoms with E-state index < -0.39 is 0 Å². The van der Waals surface area contributed by atoms with E-state index in [1.54, 1.807) is 25.1 Å². The van der Waals surface area contributed by atoms with Crippen molar-refractivity contribution >= 4 is 5.91 Å². The Bertz CT molecular complexity index is 727. The number of rotatable bonds is 7. The van der Waals surface area contributed by atoms with E-state index in [0.717, 1.165) is 13.0 Å². The zero-order valence-corrected chi connectivity index (χ0v) is 16.1. The summed E-state index contributed by atoms with van der Waals surface area (Å²) in [6.45, 7) is 7.98. The van der Waals surface area contributed by atoms with Crippen LogP contribution in [0.5, 0.6) is 0 Å². The third-order valence-electron chi connectivity index (χ3n) is 4.26. The van der Waals surface area contributed by atoms with E-state index in [1.807, 2.05) is 13.8 Å². The molecule has 27 heavy (non-hydrogen) atoms. The average Bonchev–Trinajstić information content (AvgIpc) is 3.33. The minimum absolute atomic E-state index is 0.121. The molecule has 0 radical (unpaired) electrons. The van der Waals surface area contributed by atoms with Gasteiger partial charge in [0.05, 0.1) is 13.2 Å². The third-order valence-corrected chi connectivity index (χ3v) is 4.26. The summed E-state index contributed by atoms with van der Waals surface area (Å²) in [5, 5.41) is 6.68. The van der Waals surface area contributed by atoms with Gasteiger partial charge in [-0.1, -0.05) is 37.2 Å². The fraction of sp³-hybridized carbons (Fsp3) is 0.500. The molecule has 6 nitrogen and oxygen atoms in total. The summed E-state index contributed by atoms with van der Waals surface area (Å²) in [6.07, 6.45) is 0.952. The van der Waals surface area contributed by atoms with E-state index in [9.17, 15) is 9.18 Å². The van der Waals surface area contributed by atoms with Crippen molar-refractivity contribution in [3.05, 3.63) is 52.7 Å². The molecule has 1 N–H and O–H groups in total. The van der Waals surface area contributed by atoms with Gasteiger partial charge in [0.25, 0.3) is 5.91 Å². The van der Waals surface area contributed by atoms with Crippen LogP contribution in [0.15, 0.2) is 28.8 Å². The first-order valence-corrected chi connectivity index (χ1v) is 9.27. The maximum atomic E-state index is 13.5. The zero-order chi connectivity index (χ0) is 19.6. The van der Waals surface area contributed by atoms with Gasteiger partial charge in [-0.2, -0.15) is 0 Å². The lowest BCUT2D eigenvalue weighted by Gasteiger charge is -2.08. The number of aromatic nitrogens is 1. The molecule has 1 atom stereocenters. The quantitative estimate of drug-likeness (QED) is 0.796. The maximum absolute atomic E-state index is 13.5. The number of hydrogen-bond donors (Lipinski definition) is 1. The molecule has 1 aromatic heterocycles. The first kappa shape index (κ1) is 21.1. The second-order valence-electron chi connectivity index (χ2n) is 6.10. The Labute approximate surface area is 159 Å². The van der Waals surface area contributed by atoms with Crippen molar-refractivity contribution in [2.45, 2.75) is 40.4 Å². The second-order valence-corrected chi connectivity index (χ2v) is 6.10. The second kappa shape index (κ2) is 10.8. The molecule has 0 bridgehead atoms. The van der Waals surface area contributed by atoms with Gasteiger partial charge in [-0.25, -0.2) is 4.39 Å². The SMILES string of the molecule is CC.Cc1c(C(=O)NCC2CCOC2)noc1COCc1ccccc1F. The van der Waals surface area contributed by atoms with Crippen LogP contribution in [0.25, 0.3) is 0 Å². The molecule has 1 aromatic carbocycles. The highest BCUT2D eigenvalue weighted by molar-refractivity contribution is 5.93. The first-order chi connectivity index (χ1) is 13.1. The minimum Gasteiger partial charge on any atom is -0.381 e. The van der Waals surface area contributed by atoms with Crippen LogP contribution < -0.4 is 5.32 Å². The van der Waals surface area contributed by atoms with Crippen molar-refractivity contribution in [3.8, 4) is 0 Å². The molecule has 0 aliphatic carbocycles. The Kier molecular flexibility index (Phi) is 8.42. The number of carbonyl (C=O) groups excluding carboxylic acids is 1. The number of nitrogens with one attached hydrogen (secondary N) is 1. The van der Waals surface area contributed by atoms with Crippen molar-refractivity contribution in [2.24, 2.45) is 5.92 Å². The topological polar surface area (TPSA) is 73.6 Å². The van der Waals surface area contributed by atoms with E-state index in [1.165, 1.54) is 6.07 Å². The monoisotopic (exact) mass is 378 g/mol. The molecule has 0 spiro atoms. The maximum Gasteiger partial charge on any atom is 0.273 e. The smallest absolute Gasteiger partial charge is 0.273 e. The largest absolute Gasteiger partial charge is 0.381 e. The van der Waals surface area contributed by atoms with Crippen molar-refractivity contribution < 1.29 is 23.2 Å². The highest BCUT2D eigenvalue weighted by Crippen LogP contribution is 2.16. The van der Waals surface area contributed by atoms with Crippen molar-refractivity contribution in [2.75, 3.05) is 19.8 Å². The Balaban J connectivity index is 0.00000126. The summed E-state index contributed by atoms with van der Waals surface area (Å²) >= 11 is 0. The fourth-order valence-corrected chi connectivity index (χ4v) is 2.65. The predicted octanol–water partition coefficient (Wildman–Crippen LogP) is 3.63. The zero-order valence-electron chi connectivity index (χ0n) is 16.1. The van der Waals surface area contributed by atoms with E-state index in [-0.39, 0.29) is 30.6 Å². The van der Waals surface area contributed by atoms with Gasteiger partial charge in [0, 0.05) is 30.2 Å². The van der Waals surface area contributed by atoms with Gasteiger partial charge in [-0.3, -0.25) is 4.79 Å². The third kappa shape index (κ3) is 5.87. The van der Waals surface area contributed by atoms with Gasteiger partial charge in [0.1, 0.15) is 12.4 Å². The van der Waals surface area contributed by atoms with Crippen LogP contribution in [0, 0.1) is 18.7 Å². The summed E-state index contributed by atoms with van der Waals surface area (Å²) in [6, 6.07) is 6.42. The molecule has 148 valence electrons. The lowest BCUT2D eigenvalue weighted by Crippen LogP contribution is -2.30. The van der Waals surface area contributed by atoms with Gasteiger partial charge in [0.2, 0.25) is 0 Å². The lowest BCUT2D eigenvalue weighted by molar-refractivity contribution is 0.0855. The molecule has 1 unspecified atom stereocenters. The van der Waals surface area contributed by atoms with Gasteiger partial charge in [-0.05, 0) is 19.4 Å². The molecule has 1 amide bonds. The van der Waals surface area contributed by atoms with Crippen molar-refractivity contribution in [1.29, 1.82) is 0 Å². The van der Waals surface area contributed by atoms with E-state index in [0.29, 0.717) is 36.0 Å². The first-order valence-electron chi connectivity index (χ1n) is 9.27. The molecule has 1 fully saturated rings. The van der Waals surface area contributed by atoms with Gasteiger partial charge >= 0.3 is 0 Å². The Morgan fingerprint density at radius 2 is 2.11 bits per heavy atom. The van der Waals surface area contributed by atoms with Crippen LogP contribution >= 0.6 is 0 Å². The highest BCUT2D eigenvalue weighted by atomic mass is 19.1. The summed E-state index contributed by atoms with van der Waals surface area (Å²) < 4.78 is 29.5. The summed E-state index contributed by atoms with van der Waals surface area (Å²) in [5.41, 5.74) is 1.36. The number of ether oxygens (including phenoxy) is 2. The summed E-state index contributed by atoms with van der Waals surface area (Å²) in [4.78, 5) is 12.2. The van der Waals surface area contributed by atoms with E-state index in [2.05, 4.69) is 10.5 Å². The van der Waals surface area contributed by atoms with Gasteiger partial charge < -0.3 is 19.3 Å². The van der Waals surface area contributed by atoms with E-state index >= 15 is 0 Å². The Hall–Kier alpha value is -2.25. The summed E-state index contributed by atoms with van der Waals surface area (Å²) in [7, 11) is 0. The Morgan fingerprint density at radius 3 is 2.81 bits per heavy atom. The molecular formula is C20H27FN2O4. The van der Waals surface area contributed by atoms with Crippen LogP contribution in [0.4, 0.5) is 4.39 Å². The molecule has 2 heterocycles. The number of carbonyl (C=O) groups is 1. The van der Waals surface area contributed by atoms with Crippen LogP contribution in [0.2, 0.25) is 0 Å². The average molecular weight is 378 g/mol. The molecule has 3 rings (SSSR count). The van der Waals surface area contributed by atoms with Gasteiger partial charge in [-0.15, -0.1) is 0 Å². The summed E-state index contributed by atoms with van der Waals surface area (Å²) in [5.74, 6) is 0.228. The molecule has 7 heteroatoms. The van der Waals surface area contributed by atoms with Crippen molar-refractivity contribution in [3.63, 3.8) is 0 Å². The van der Waals surface area contributed by atoms with Crippen LogP contribution in [0.1, 0.15) is 47.6 Å². The van der Waals surface area contributed by atoms with E-state index in [4.69, 9.17) is 14.0 Å². The van der Waals surface area contributed by atoms with Crippen LogP contribution in [-0.4, -0.2) is 30.8 Å². The lowest BCUT2D eigenvalue weighted by atomic mass is 10.1. The molecule has 1 saturated heterocycles. The van der Waals surface area contributed by atoms with Crippen LogP contribution in [-0.2, 0) is 22.7 Å².